The van der Waals surface area contributed by atoms with Gasteiger partial charge < -0.3 is 10.1 Å². The van der Waals surface area contributed by atoms with E-state index in [0.717, 1.165) is 17.0 Å². The fourth-order valence-electron chi connectivity index (χ4n) is 5.24. The van der Waals surface area contributed by atoms with E-state index in [1.165, 1.54) is 14.3 Å². The topological polar surface area (TPSA) is 128 Å². The van der Waals surface area contributed by atoms with Crippen molar-refractivity contribution in [2.24, 2.45) is 20.0 Å². The molecule has 2 aliphatic rings. The molecule has 2 unspecified atom stereocenters. The number of amides is 2. The Bertz CT molecular complexity index is 1450. The van der Waals surface area contributed by atoms with E-state index in [9.17, 15) is 19.2 Å². The molecule has 11 nitrogen and oxygen atoms in total. The lowest BCUT2D eigenvalue weighted by atomic mass is 9.89. The maximum absolute atomic E-state index is 13.4. The van der Waals surface area contributed by atoms with E-state index < -0.39 is 18.1 Å². The third kappa shape index (κ3) is 4.71. The molecule has 0 saturated carbocycles. The molecule has 0 radical (unpaired) electrons. The van der Waals surface area contributed by atoms with Crippen molar-refractivity contribution in [3.8, 4) is 0 Å². The van der Waals surface area contributed by atoms with Crippen LogP contribution in [-0.2, 0) is 25.3 Å². The second-order valence-corrected chi connectivity index (χ2v) is 9.93. The predicted octanol–water partition coefficient (Wildman–Crippen LogP) is 2.54. The van der Waals surface area contributed by atoms with E-state index >= 15 is 0 Å². The smallest absolute Gasteiger partial charge is 0.414 e. The van der Waals surface area contributed by atoms with Gasteiger partial charge in [-0.1, -0.05) is 0 Å². The number of cyclic esters (lactones) is 1. The van der Waals surface area contributed by atoms with Gasteiger partial charge in [0.05, 0.1) is 30.4 Å². The summed E-state index contributed by atoms with van der Waals surface area (Å²) in [5, 5.41) is 11.2. The SMILES string of the molecule is Cc1cc(C(=O)NCC2CN(c3ccc4c(c3)CCCC(C(=O)c3cc(C)nn3C)C4=O)C(=O)O2)n(C)n1. The summed E-state index contributed by atoms with van der Waals surface area (Å²) in [6.45, 7) is 4.04. The van der Waals surface area contributed by atoms with Crippen LogP contribution in [0.4, 0.5) is 10.5 Å². The van der Waals surface area contributed by atoms with Crippen molar-refractivity contribution in [1.29, 1.82) is 0 Å². The highest BCUT2D eigenvalue weighted by molar-refractivity contribution is 6.16. The molecular weight excluding hydrogens is 488 g/mol. The number of hydrogen-bond donors (Lipinski definition) is 1. The Morgan fingerprint density at radius 2 is 1.71 bits per heavy atom. The van der Waals surface area contributed by atoms with Crippen molar-refractivity contribution < 1.29 is 23.9 Å². The molecule has 3 aromatic rings. The number of ketones is 2. The number of benzene rings is 1. The molecule has 5 rings (SSSR count). The summed E-state index contributed by atoms with van der Waals surface area (Å²) in [5.74, 6) is -1.48. The number of rotatable bonds is 6. The zero-order valence-electron chi connectivity index (χ0n) is 21.9. The van der Waals surface area contributed by atoms with Crippen LogP contribution < -0.4 is 10.2 Å². The summed E-state index contributed by atoms with van der Waals surface area (Å²) in [6, 6.07) is 8.63. The number of carbonyl (C=O) groups is 4. The lowest BCUT2D eigenvalue weighted by Crippen LogP contribution is -2.35. The number of aromatic nitrogens is 4. The third-order valence-electron chi connectivity index (χ3n) is 7.09. The van der Waals surface area contributed by atoms with Crippen molar-refractivity contribution >= 4 is 29.3 Å². The highest BCUT2D eigenvalue weighted by Crippen LogP contribution is 2.31. The summed E-state index contributed by atoms with van der Waals surface area (Å²) in [7, 11) is 3.40. The monoisotopic (exact) mass is 518 g/mol. The van der Waals surface area contributed by atoms with Crippen LogP contribution in [0.3, 0.4) is 0 Å². The maximum Gasteiger partial charge on any atom is 0.414 e. The summed E-state index contributed by atoms with van der Waals surface area (Å²) in [5.41, 5.74) is 4.24. The minimum Gasteiger partial charge on any atom is -0.442 e. The Hall–Kier alpha value is -4.28. The average molecular weight is 519 g/mol. The molecule has 11 heteroatoms. The lowest BCUT2D eigenvalue weighted by Gasteiger charge is -2.16. The number of fused-ring (bicyclic) bond motifs is 1. The normalized spacial score (nSPS) is 19.2. The summed E-state index contributed by atoms with van der Waals surface area (Å²) < 4.78 is 8.51. The molecule has 1 N–H and O–H groups in total. The number of carbonyl (C=O) groups excluding carboxylic acids is 4. The number of Topliss-reactive ketones (excluding diaryl/α,β-unsaturated/α-hetero) is 2. The lowest BCUT2D eigenvalue weighted by molar-refractivity contribution is 0.0795. The van der Waals surface area contributed by atoms with Crippen LogP contribution in [0.25, 0.3) is 0 Å². The Morgan fingerprint density at radius 1 is 1.03 bits per heavy atom. The fraction of sp³-hybridized carbons (Fsp3) is 0.407. The maximum atomic E-state index is 13.4. The van der Waals surface area contributed by atoms with Gasteiger partial charge in [0.2, 0.25) is 0 Å². The molecule has 38 heavy (non-hydrogen) atoms. The van der Waals surface area contributed by atoms with Gasteiger partial charge in [-0.2, -0.15) is 10.2 Å². The number of aryl methyl sites for hydroxylation is 5. The zero-order valence-corrected chi connectivity index (χ0v) is 21.9. The average Bonchev–Trinajstić information content (AvgIpc) is 3.50. The summed E-state index contributed by atoms with van der Waals surface area (Å²) >= 11 is 0. The molecular formula is C27H30N6O5. The van der Waals surface area contributed by atoms with Gasteiger partial charge in [0.1, 0.15) is 17.5 Å². The predicted molar refractivity (Wildman–Crippen MR) is 137 cm³/mol. The number of hydrogen-bond acceptors (Lipinski definition) is 7. The van der Waals surface area contributed by atoms with E-state index in [2.05, 4.69) is 15.5 Å². The molecule has 2 amide bonds. The van der Waals surface area contributed by atoms with E-state index in [1.807, 2.05) is 13.0 Å². The molecule has 2 aromatic heterocycles. The molecule has 1 fully saturated rings. The van der Waals surface area contributed by atoms with Gasteiger partial charge >= 0.3 is 6.09 Å². The van der Waals surface area contributed by atoms with Crippen LogP contribution in [0.5, 0.6) is 0 Å². The van der Waals surface area contributed by atoms with Gasteiger partial charge in [0, 0.05) is 25.3 Å². The number of anilines is 1. The number of ether oxygens (including phenoxy) is 1. The van der Waals surface area contributed by atoms with Crippen molar-refractivity contribution in [2.75, 3.05) is 18.0 Å². The molecule has 0 spiro atoms. The van der Waals surface area contributed by atoms with E-state index in [4.69, 9.17) is 4.74 Å². The van der Waals surface area contributed by atoms with Gasteiger partial charge in [-0.05, 0) is 69.0 Å². The molecule has 1 aromatic carbocycles. The first-order chi connectivity index (χ1) is 18.1. The quantitative estimate of drug-likeness (QED) is 0.302. The van der Waals surface area contributed by atoms with Gasteiger partial charge in [-0.3, -0.25) is 28.6 Å². The Kier molecular flexibility index (Phi) is 6.60. The van der Waals surface area contributed by atoms with Gasteiger partial charge in [-0.15, -0.1) is 0 Å². The Labute approximate surface area is 219 Å². The first-order valence-corrected chi connectivity index (χ1v) is 12.6. The second kappa shape index (κ2) is 9.88. The van der Waals surface area contributed by atoms with E-state index in [-0.39, 0.29) is 30.6 Å². The van der Waals surface area contributed by atoms with Gasteiger partial charge in [0.15, 0.2) is 11.6 Å². The zero-order chi connectivity index (χ0) is 27.1. The van der Waals surface area contributed by atoms with Crippen LogP contribution in [0.2, 0.25) is 0 Å². The van der Waals surface area contributed by atoms with E-state index in [0.29, 0.717) is 41.9 Å². The van der Waals surface area contributed by atoms with Crippen LogP contribution in [0.1, 0.15) is 61.1 Å². The van der Waals surface area contributed by atoms with Crippen LogP contribution in [0.15, 0.2) is 30.3 Å². The Balaban J connectivity index is 1.28. The molecule has 0 bridgehead atoms. The van der Waals surface area contributed by atoms with Crippen molar-refractivity contribution in [3.63, 3.8) is 0 Å². The fourth-order valence-corrected chi connectivity index (χ4v) is 5.24. The largest absolute Gasteiger partial charge is 0.442 e. The van der Waals surface area contributed by atoms with Gasteiger partial charge in [-0.25, -0.2) is 4.79 Å². The van der Waals surface area contributed by atoms with Crippen LogP contribution in [-0.4, -0.2) is 62.3 Å². The molecule has 3 heterocycles. The number of nitrogens with one attached hydrogen (secondary N) is 1. The highest BCUT2D eigenvalue weighted by atomic mass is 16.6. The molecule has 1 aliphatic carbocycles. The van der Waals surface area contributed by atoms with Crippen LogP contribution in [0, 0.1) is 19.8 Å². The summed E-state index contributed by atoms with van der Waals surface area (Å²) in [6.07, 6.45) is 0.707. The first kappa shape index (κ1) is 25.4. The van der Waals surface area contributed by atoms with Gasteiger partial charge in [0.25, 0.3) is 5.91 Å². The molecule has 2 atom stereocenters. The van der Waals surface area contributed by atoms with Crippen molar-refractivity contribution in [2.45, 2.75) is 39.2 Å². The minimum atomic E-state index is -0.759. The summed E-state index contributed by atoms with van der Waals surface area (Å²) in [4.78, 5) is 53.2. The standard InChI is InChI=1S/C27H30N6O5/c1-15-10-22(31(3)29-15)25(35)21-7-5-6-17-12-18(8-9-20(17)24(21)34)33-14-19(38-27(33)37)13-28-26(36)23-11-16(2)30-32(23)4/h8-12,19,21H,5-7,13-14H2,1-4H3,(H,28,36). The minimum absolute atomic E-state index is 0.159. The van der Waals surface area contributed by atoms with Crippen molar-refractivity contribution in [3.05, 3.63) is 64.2 Å². The number of nitrogens with zero attached hydrogens (tertiary/aromatic N) is 5. The first-order valence-electron chi connectivity index (χ1n) is 12.6. The van der Waals surface area contributed by atoms with Crippen LogP contribution >= 0.6 is 0 Å². The third-order valence-corrected chi connectivity index (χ3v) is 7.09. The van der Waals surface area contributed by atoms with Crippen molar-refractivity contribution in [1.82, 2.24) is 24.9 Å². The second-order valence-electron chi connectivity index (χ2n) is 9.93. The molecule has 1 saturated heterocycles. The molecule has 1 aliphatic heterocycles. The van der Waals surface area contributed by atoms with E-state index in [1.54, 1.807) is 45.3 Å². The molecule has 198 valence electrons. The Morgan fingerprint density at radius 3 is 2.37 bits per heavy atom. The highest BCUT2D eigenvalue weighted by Gasteiger charge is 2.36.